The number of carbonyl (C=O) groups excluding carboxylic acids is 3. The maximum Gasteiger partial charge on any atom is 0.306 e. The van der Waals surface area contributed by atoms with Gasteiger partial charge in [-0.05, 0) is 58.3 Å². The highest BCUT2D eigenvalue weighted by Crippen LogP contribution is 2.32. The van der Waals surface area contributed by atoms with Crippen molar-refractivity contribution in [3.05, 3.63) is 25.3 Å². The first-order chi connectivity index (χ1) is 24.5. The number of ether oxygens (including phenoxy) is 1. The van der Waals surface area contributed by atoms with Gasteiger partial charge in [0.25, 0.3) is 0 Å². The van der Waals surface area contributed by atoms with E-state index in [0.717, 1.165) is 57.8 Å². The lowest BCUT2D eigenvalue weighted by Crippen LogP contribution is -2.53. The lowest BCUT2D eigenvalue weighted by atomic mass is 9.80. The Morgan fingerprint density at radius 3 is 1.60 bits per heavy atom. The molecule has 11 heteroatoms. The molecule has 7 atom stereocenters. The molecule has 320 valence electrons. The smallest absolute Gasteiger partial charge is 0.306 e. The predicted molar refractivity (Wildman–Crippen MR) is 218 cm³/mol. The van der Waals surface area contributed by atoms with Gasteiger partial charge in [0.2, 0.25) is 0 Å². The van der Waals surface area contributed by atoms with Crippen LogP contribution in [0.15, 0.2) is 25.3 Å². The van der Waals surface area contributed by atoms with Crippen LogP contribution in [-0.4, -0.2) is 96.2 Å². The van der Waals surface area contributed by atoms with E-state index in [4.69, 9.17) is 14.9 Å². The summed E-state index contributed by atoms with van der Waals surface area (Å²) in [6.07, 6.45) is 9.98. The molecule has 3 unspecified atom stereocenters. The Kier molecular flexibility index (Phi) is 42.0. The summed E-state index contributed by atoms with van der Waals surface area (Å²) >= 11 is 0. The Bertz CT molecular complexity index is 883. The Labute approximate surface area is 325 Å². The molecule has 0 aliphatic carbocycles. The van der Waals surface area contributed by atoms with E-state index >= 15 is 0 Å². The summed E-state index contributed by atoms with van der Waals surface area (Å²) in [5, 5.41) is 66.1. The van der Waals surface area contributed by atoms with Crippen molar-refractivity contribution in [1.29, 1.82) is 0 Å². The summed E-state index contributed by atoms with van der Waals surface area (Å²) in [4.78, 5) is 34.3. The number of unbranched alkanes of at least 4 members (excludes halogenated alkanes) is 4. The zero-order chi connectivity index (χ0) is 42.8. The molecule has 0 aliphatic rings. The Morgan fingerprint density at radius 1 is 0.792 bits per heavy atom. The summed E-state index contributed by atoms with van der Waals surface area (Å²) in [7, 11) is 0. The third kappa shape index (κ3) is 33.1. The molecule has 0 amide bonds. The second kappa shape index (κ2) is 37.0. The van der Waals surface area contributed by atoms with Gasteiger partial charge in [0.05, 0.1) is 12.2 Å². The number of hydrogen-bond acceptors (Lipinski definition) is 11. The minimum absolute atomic E-state index is 0. The molecular formula is C42H86O11. The van der Waals surface area contributed by atoms with Crippen molar-refractivity contribution in [1.82, 2.24) is 0 Å². The van der Waals surface area contributed by atoms with Gasteiger partial charge in [0.1, 0.15) is 18.0 Å². The van der Waals surface area contributed by atoms with Crippen molar-refractivity contribution in [3.8, 4) is 0 Å². The second-order valence-electron chi connectivity index (χ2n) is 14.5. The fraction of sp³-hybridized carbons (Fsp3) is 0.833. The molecule has 0 spiro atoms. The minimum Gasteiger partial charge on any atom is -0.462 e. The maximum absolute atomic E-state index is 12.1. The largest absolute Gasteiger partial charge is 0.462 e. The van der Waals surface area contributed by atoms with Gasteiger partial charge in [-0.1, -0.05) is 120 Å². The van der Waals surface area contributed by atoms with Crippen molar-refractivity contribution in [2.75, 3.05) is 6.61 Å². The molecule has 0 aromatic carbocycles. The number of aldehydes is 1. The number of rotatable bonds is 23. The van der Waals surface area contributed by atoms with Crippen LogP contribution >= 0.6 is 0 Å². The Morgan fingerprint density at radius 2 is 1.25 bits per heavy atom. The number of hydrogen-bond donors (Lipinski definition) is 7. The van der Waals surface area contributed by atoms with Crippen LogP contribution in [0.2, 0.25) is 0 Å². The van der Waals surface area contributed by atoms with Crippen molar-refractivity contribution in [2.45, 2.75) is 196 Å². The van der Waals surface area contributed by atoms with Gasteiger partial charge in [-0.15, -0.1) is 0 Å². The Balaban J connectivity index is -0.000000165. The molecule has 0 bridgehead atoms. The van der Waals surface area contributed by atoms with Crippen LogP contribution in [0.1, 0.15) is 162 Å². The molecule has 0 saturated carbocycles. The maximum atomic E-state index is 12.1. The highest BCUT2D eigenvalue weighted by Gasteiger charge is 2.43. The first kappa shape index (κ1) is 60.3. The van der Waals surface area contributed by atoms with E-state index < -0.39 is 47.3 Å². The summed E-state index contributed by atoms with van der Waals surface area (Å²) < 4.78 is 5.71. The first-order valence-electron chi connectivity index (χ1n) is 19.7. The molecule has 0 radical (unpaired) electrons. The molecule has 0 aromatic heterocycles. The molecule has 53 heavy (non-hydrogen) atoms. The third-order valence-corrected chi connectivity index (χ3v) is 8.37. The van der Waals surface area contributed by atoms with Gasteiger partial charge in [-0.3, -0.25) is 9.59 Å². The number of aliphatic hydroxyl groups excluding tert-OH is 4. The highest BCUT2D eigenvalue weighted by atomic mass is 16.6. The fourth-order valence-electron chi connectivity index (χ4n) is 4.78. The van der Waals surface area contributed by atoms with Gasteiger partial charge >= 0.3 is 5.97 Å². The molecule has 0 aliphatic heterocycles. The number of ketones is 1. The highest BCUT2D eigenvalue weighted by molar-refractivity contribution is 5.89. The zero-order valence-electron chi connectivity index (χ0n) is 35.7. The summed E-state index contributed by atoms with van der Waals surface area (Å²) in [6.45, 7) is 28.5. The predicted octanol–water partition coefficient (Wildman–Crippen LogP) is 7.10. The normalized spacial score (nSPS) is 15.3. The van der Waals surface area contributed by atoms with E-state index in [1.165, 1.54) is 13.8 Å². The van der Waals surface area contributed by atoms with Crippen molar-refractivity contribution >= 4 is 18.0 Å². The number of aliphatic hydroxyl groups is 7. The molecular weight excluding hydrogens is 680 g/mol. The molecule has 0 aromatic rings. The van der Waals surface area contributed by atoms with Crippen LogP contribution in [0.3, 0.4) is 0 Å². The van der Waals surface area contributed by atoms with E-state index in [1.54, 1.807) is 46.8 Å². The topological polar surface area (TPSA) is 202 Å². The van der Waals surface area contributed by atoms with Gasteiger partial charge in [-0.2, -0.15) is 0 Å². The summed E-state index contributed by atoms with van der Waals surface area (Å²) in [5.74, 6) is -4.22. The van der Waals surface area contributed by atoms with Crippen LogP contribution in [0.25, 0.3) is 0 Å². The van der Waals surface area contributed by atoms with Crippen LogP contribution in [0, 0.1) is 23.7 Å². The van der Waals surface area contributed by atoms with E-state index in [2.05, 4.69) is 27.0 Å². The van der Waals surface area contributed by atoms with E-state index in [0.29, 0.717) is 25.7 Å². The number of Topliss-reactive ketones (excluding diaryl/α,β-unsaturated/α-hetero) is 1. The molecule has 0 heterocycles. The monoisotopic (exact) mass is 767 g/mol. The number of carbonyl (C=O) groups is 3. The van der Waals surface area contributed by atoms with E-state index in [-0.39, 0.29) is 31.8 Å². The van der Waals surface area contributed by atoms with E-state index in [9.17, 15) is 39.9 Å². The Hall–Kier alpha value is -1.99. The minimum atomic E-state index is -1.92. The average Bonchev–Trinajstić information content (AvgIpc) is 3.10. The van der Waals surface area contributed by atoms with Gasteiger partial charge in [0, 0.05) is 45.2 Å². The summed E-state index contributed by atoms with van der Waals surface area (Å²) in [6, 6.07) is 0. The standard InChI is InChI=1S/C20H40O4.C12H22O5.C4H6.2C3H8O.H2/c1-6-9-12-13-16(4)19(24-18(21)14-10-7-2)17(5)20(22,23)15-11-8-3;1-7(2)10(15)12(4,17)11(16)8(3)9(14)5-6-13;1-3-4-2;1-3(2)4;1-2-3-4;/h16-17,19,22-23H,6-15H2,1-5H3;6-10,14-15,17H,5H2,1-4H3;3-4H,1-2H2;3-4H,1-2H3;4H,2-3H2,1H3;1H/t16-,17?,19?;8-,9?,10-,12+;;;;/m10..../s1. The molecule has 0 rings (SSSR count). The van der Waals surface area contributed by atoms with Crippen molar-refractivity contribution < 1.29 is 56.3 Å². The van der Waals surface area contributed by atoms with Crippen LogP contribution in [-0.2, 0) is 19.1 Å². The quantitative estimate of drug-likeness (QED) is 0.0184. The molecule has 7 N–H and O–H groups in total. The van der Waals surface area contributed by atoms with Crippen LogP contribution < -0.4 is 0 Å². The number of esters is 1. The number of allylic oxidation sites excluding steroid dienone is 2. The van der Waals surface area contributed by atoms with Gasteiger partial charge in [0.15, 0.2) is 11.6 Å². The third-order valence-electron chi connectivity index (χ3n) is 8.37. The van der Waals surface area contributed by atoms with Crippen LogP contribution in [0.5, 0.6) is 0 Å². The molecule has 0 saturated heterocycles. The average molecular weight is 767 g/mol. The molecule has 11 nitrogen and oxygen atoms in total. The second-order valence-corrected chi connectivity index (χ2v) is 14.5. The van der Waals surface area contributed by atoms with Crippen molar-refractivity contribution in [3.63, 3.8) is 0 Å². The fourth-order valence-corrected chi connectivity index (χ4v) is 4.78. The summed E-state index contributed by atoms with van der Waals surface area (Å²) in [5.41, 5.74) is -1.92. The molecule has 0 fully saturated rings. The van der Waals surface area contributed by atoms with Crippen molar-refractivity contribution in [2.24, 2.45) is 23.7 Å². The lowest BCUT2D eigenvalue weighted by molar-refractivity contribution is -0.231. The first-order valence-corrected chi connectivity index (χ1v) is 19.7. The lowest BCUT2D eigenvalue weighted by Gasteiger charge is -2.37. The SMILES string of the molecule is C=CC=C.CC(C)O.CC(C)[C@H](O)[C@@](C)(O)C(=O)[C@@H](C)C(O)CC=O.CCCCC[C@@H](C)C(OC(=O)CCCC)C(C)C(O)(O)CCCC.CCCO.[HH]. The van der Waals surface area contributed by atoms with Crippen LogP contribution in [0.4, 0.5) is 0 Å². The zero-order valence-corrected chi connectivity index (χ0v) is 35.7. The van der Waals surface area contributed by atoms with Gasteiger partial charge in [-0.25, -0.2) is 0 Å². The van der Waals surface area contributed by atoms with E-state index in [1.807, 2.05) is 20.8 Å². The van der Waals surface area contributed by atoms with Gasteiger partial charge < -0.3 is 45.3 Å².